The molecular formula is C22H18Cl3F3N6O2. The van der Waals surface area contributed by atoms with E-state index in [9.17, 15) is 18.0 Å². The third-order valence-corrected chi connectivity index (χ3v) is 6.51. The lowest BCUT2D eigenvalue weighted by Gasteiger charge is -2.11. The summed E-state index contributed by atoms with van der Waals surface area (Å²) in [6.45, 7) is 2.22. The summed E-state index contributed by atoms with van der Waals surface area (Å²) in [5, 5.41) is 10.9. The molecule has 0 aliphatic carbocycles. The van der Waals surface area contributed by atoms with E-state index in [0.717, 1.165) is 6.07 Å². The number of nitrogens with one attached hydrogen (secondary N) is 1. The molecule has 3 heterocycles. The first-order valence-corrected chi connectivity index (χ1v) is 11.6. The summed E-state index contributed by atoms with van der Waals surface area (Å²) in [6, 6.07) is 7.23. The summed E-state index contributed by atoms with van der Waals surface area (Å²) in [6.07, 6.45) is -4.37. The monoisotopic (exact) mass is 560 g/mol. The number of alkyl halides is 3. The molecule has 190 valence electrons. The number of hydrogen-bond acceptors (Lipinski definition) is 5. The van der Waals surface area contributed by atoms with Crippen LogP contribution in [-0.4, -0.2) is 43.9 Å². The van der Waals surface area contributed by atoms with Crippen molar-refractivity contribution in [2.45, 2.75) is 26.1 Å². The lowest BCUT2D eigenvalue weighted by atomic mass is 10.1. The Hall–Kier alpha value is -3.02. The van der Waals surface area contributed by atoms with E-state index in [1.807, 2.05) is 0 Å². The maximum Gasteiger partial charge on any atom is 0.433 e. The first-order valence-electron chi connectivity index (χ1n) is 10.5. The van der Waals surface area contributed by atoms with Crippen LogP contribution < -0.4 is 10.1 Å². The number of carbonyl (C=O) groups excluding carboxylic acids is 1. The normalized spacial score (nSPS) is 11.8. The predicted octanol–water partition coefficient (Wildman–Crippen LogP) is 5.71. The number of aryl methyl sites for hydroxylation is 2. The van der Waals surface area contributed by atoms with E-state index in [1.54, 1.807) is 25.1 Å². The van der Waals surface area contributed by atoms with Gasteiger partial charge in [-0.2, -0.15) is 23.4 Å². The highest BCUT2D eigenvalue weighted by Crippen LogP contribution is 2.35. The number of halogens is 6. The zero-order valence-electron chi connectivity index (χ0n) is 18.8. The summed E-state index contributed by atoms with van der Waals surface area (Å²) in [5.41, 5.74) is -0.877. The number of benzene rings is 1. The van der Waals surface area contributed by atoms with Gasteiger partial charge in [-0.3, -0.25) is 9.48 Å². The van der Waals surface area contributed by atoms with E-state index in [1.165, 1.54) is 17.9 Å². The number of amides is 1. The van der Waals surface area contributed by atoms with Gasteiger partial charge in [-0.05, 0) is 31.5 Å². The van der Waals surface area contributed by atoms with E-state index in [0.29, 0.717) is 39.5 Å². The fraction of sp³-hybridized carbons (Fsp3) is 0.273. The van der Waals surface area contributed by atoms with Gasteiger partial charge in [0.25, 0.3) is 5.91 Å². The van der Waals surface area contributed by atoms with Crippen LogP contribution >= 0.6 is 34.8 Å². The summed E-state index contributed by atoms with van der Waals surface area (Å²) < 4.78 is 48.8. The predicted molar refractivity (Wildman–Crippen MR) is 129 cm³/mol. The molecule has 0 fully saturated rings. The second-order valence-corrected chi connectivity index (χ2v) is 8.79. The highest BCUT2D eigenvalue weighted by atomic mass is 35.5. The number of rotatable bonds is 7. The number of fused-ring (bicyclic) bond motifs is 1. The molecule has 1 aromatic carbocycles. The van der Waals surface area contributed by atoms with Crippen molar-refractivity contribution in [2.24, 2.45) is 0 Å². The molecule has 3 aromatic heterocycles. The van der Waals surface area contributed by atoms with Crippen LogP contribution in [0.1, 0.15) is 28.3 Å². The molecule has 4 rings (SSSR count). The SMILES string of the molecule is COc1cccc(-c2cc(C(F)(F)F)n3nc(C(=O)NCCCn4nc(C)c(Cl)c4Cl)c(Cl)c3n2)c1. The minimum atomic E-state index is -4.79. The van der Waals surface area contributed by atoms with Gasteiger partial charge in [-0.15, -0.1) is 0 Å². The van der Waals surface area contributed by atoms with Crippen molar-refractivity contribution in [1.29, 1.82) is 0 Å². The van der Waals surface area contributed by atoms with Crippen LogP contribution in [-0.2, 0) is 12.7 Å². The van der Waals surface area contributed by atoms with Crippen LogP contribution in [0.5, 0.6) is 5.75 Å². The van der Waals surface area contributed by atoms with Crippen molar-refractivity contribution in [3.8, 4) is 17.0 Å². The fourth-order valence-electron chi connectivity index (χ4n) is 3.46. The molecule has 1 N–H and O–H groups in total. The molecule has 1 amide bonds. The Balaban J connectivity index is 1.60. The van der Waals surface area contributed by atoms with E-state index < -0.39 is 17.8 Å². The Morgan fingerprint density at radius 2 is 1.89 bits per heavy atom. The third-order valence-electron chi connectivity index (χ3n) is 5.23. The van der Waals surface area contributed by atoms with Gasteiger partial charge >= 0.3 is 6.18 Å². The van der Waals surface area contributed by atoms with Crippen molar-refractivity contribution in [3.05, 3.63) is 62.6 Å². The van der Waals surface area contributed by atoms with E-state index in [4.69, 9.17) is 39.5 Å². The fourth-order valence-corrected chi connectivity index (χ4v) is 4.10. The highest BCUT2D eigenvalue weighted by Gasteiger charge is 2.36. The molecule has 4 aromatic rings. The smallest absolute Gasteiger partial charge is 0.433 e. The molecule has 0 radical (unpaired) electrons. The van der Waals surface area contributed by atoms with Gasteiger partial charge in [-0.25, -0.2) is 9.50 Å². The maximum absolute atomic E-state index is 13.9. The van der Waals surface area contributed by atoms with E-state index in [-0.39, 0.29) is 33.8 Å². The molecule has 0 bridgehead atoms. The Bertz CT molecular complexity index is 1450. The van der Waals surface area contributed by atoms with Crippen LogP contribution in [0.2, 0.25) is 15.2 Å². The van der Waals surface area contributed by atoms with Crippen LogP contribution in [0.3, 0.4) is 0 Å². The summed E-state index contributed by atoms with van der Waals surface area (Å²) in [4.78, 5) is 17.0. The first-order chi connectivity index (χ1) is 17.0. The molecule has 0 spiro atoms. The molecule has 36 heavy (non-hydrogen) atoms. The lowest BCUT2D eigenvalue weighted by Crippen LogP contribution is -2.26. The van der Waals surface area contributed by atoms with Gasteiger partial charge in [-0.1, -0.05) is 46.9 Å². The maximum atomic E-state index is 13.9. The Morgan fingerprint density at radius 1 is 1.14 bits per heavy atom. The minimum absolute atomic E-state index is 0.00691. The number of carbonyl (C=O) groups is 1. The number of nitrogens with zero attached hydrogens (tertiary/aromatic N) is 5. The second kappa shape index (κ2) is 10.2. The quantitative estimate of drug-likeness (QED) is 0.292. The molecule has 0 atom stereocenters. The number of hydrogen-bond donors (Lipinski definition) is 1. The summed E-state index contributed by atoms with van der Waals surface area (Å²) in [7, 11) is 1.44. The van der Waals surface area contributed by atoms with Gasteiger partial charge in [0.05, 0.1) is 18.5 Å². The Kier molecular flexibility index (Phi) is 7.35. The molecule has 14 heteroatoms. The van der Waals surface area contributed by atoms with Crippen LogP contribution in [0.15, 0.2) is 30.3 Å². The number of aromatic nitrogens is 5. The van der Waals surface area contributed by atoms with Crippen molar-refractivity contribution >= 4 is 46.4 Å². The van der Waals surface area contributed by atoms with Gasteiger partial charge in [0.1, 0.15) is 20.9 Å². The minimum Gasteiger partial charge on any atom is -0.497 e. The van der Waals surface area contributed by atoms with Crippen molar-refractivity contribution in [2.75, 3.05) is 13.7 Å². The van der Waals surface area contributed by atoms with Crippen LogP contribution in [0, 0.1) is 6.92 Å². The van der Waals surface area contributed by atoms with Gasteiger partial charge in [0.15, 0.2) is 17.0 Å². The lowest BCUT2D eigenvalue weighted by molar-refractivity contribution is -0.142. The number of ether oxygens (including phenoxy) is 1. The standard InChI is InChI=1S/C22H18Cl3F3N6O2/c1-11-16(23)19(25)33(31-11)8-4-7-29-21(35)18-17(24)20-30-14(12-5-3-6-13(9-12)36-2)10-15(22(26,27)28)34(20)32-18/h3,5-6,9-10H,4,7-8H2,1-2H3,(H,29,35). The van der Waals surface area contributed by atoms with Crippen molar-refractivity contribution < 1.29 is 22.7 Å². The van der Waals surface area contributed by atoms with Crippen LogP contribution in [0.25, 0.3) is 16.9 Å². The molecule has 0 saturated carbocycles. The molecular weight excluding hydrogens is 544 g/mol. The summed E-state index contributed by atoms with van der Waals surface area (Å²) >= 11 is 18.4. The van der Waals surface area contributed by atoms with Gasteiger partial charge in [0, 0.05) is 18.7 Å². The topological polar surface area (TPSA) is 86.3 Å². The Labute approximate surface area is 217 Å². The molecule has 8 nitrogen and oxygen atoms in total. The molecule has 0 saturated heterocycles. The largest absolute Gasteiger partial charge is 0.497 e. The summed E-state index contributed by atoms with van der Waals surface area (Å²) in [5.74, 6) is -0.307. The molecule has 0 aliphatic heterocycles. The van der Waals surface area contributed by atoms with E-state index in [2.05, 4.69) is 20.5 Å². The van der Waals surface area contributed by atoms with Gasteiger partial charge in [0.2, 0.25) is 0 Å². The second-order valence-electron chi connectivity index (χ2n) is 7.68. The highest BCUT2D eigenvalue weighted by molar-refractivity contribution is 6.41. The molecule has 0 unspecified atom stereocenters. The van der Waals surface area contributed by atoms with Crippen LogP contribution in [0.4, 0.5) is 13.2 Å². The average molecular weight is 562 g/mol. The number of methoxy groups -OCH3 is 1. The average Bonchev–Trinajstić information content (AvgIpc) is 3.31. The van der Waals surface area contributed by atoms with Crippen molar-refractivity contribution in [1.82, 2.24) is 29.7 Å². The zero-order valence-corrected chi connectivity index (χ0v) is 21.1. The molecule has 0 aliphatic rings. The van der Waals surface area contributed by atoms with Crippen molar-refractivity contribution in [3.63, 3.8) is 0 Å². The first kappa shape index (κ1) is 26.1. The Morgan fingerprint density at radius 3 is 2.53 bits per heavy atom. The van der Waals surface area contributed by atoms with E-state index >= 15 is 0 Å². The zero-order chi connectivity index (χ0) is 26.2. The van der Waals surface area contributed by atoms with Gasteiger partial charge < -0.3 is 10.1 Å². The third kappa shape index (κ3) is 5.09.